The number of benzene rings is 2. The number of aliphatic hydroxyl groups is 3. The first-order chi connectivity index (χ1) is 15.1. The topological polar surface area (TPSA) is 87.7 Å². The average Bonchev–Trinajstić information content (AvgIpc) is 3.44. The van der Waals surface area contributed by atoms with E-state index in [-0.39, 0.29) is 18.6 Å². The molecule has 3 aromatic rings. The number of aromatic nitrogens is 2. The summed E-state index contributed by atoms with van der Waals surface area (Å²) in [4.78, 5) is 4.17. The highest BCUT2D eigenvalue weighted by atomic mass is 16.5. The molecule has 0 bridgehead atoms. The van der Waals surface area contributed by atoms with Crippen molar-refractivity contribution in [3.63, 3.8) is 0 Å². The molecule has 4 rings (SSSR count). The molecule has 1 fully saturated rings. The van der Waals surface area contributed by atoms with Crippen LogP contribution in [0.15, 0.2) is 67.0 Å². The van der Waals surface area contributed by atoms with Crippen molar-refractivity contribution in [1.82, 2.24) is 9.55 Å². The van der Waals surface area contributed by atoms with Gasteiger partial charge in [-0.3, -0.25) is 0 Å². The van der Waals surface area contributed by atoms with E-state index in [1.54, 1.807) is 23.9 Å². The zero-order valence-corrected chi connectivity index (χ0v) is 17.5. The fourth-order valence-corrected chi connectivity index (χ4v) is 3.96. The third-order valence-corrected chi connectivity index (χ3v) is 5.76. The molecule has 3 N–H and O–H groups in total. The Bertz CT molecular complexity index is 1010. The van der Waals surface area contributed by atoms with Crippen molar-refractivity contribution < 1.29 is 20.1 Å². The highest BCUT2D eigenvalue weighted by molar-refractivity contribution is 5.66. The van der Waals surface area contributed by atoms with E-state index in [1.807, 2.05) is 24.3 Å². The largest absolute Gasteiger partial charge is 0.394 e. The van der Waals surface area contributed by atoms with Crippen molar-refractivity contribution >= 4 is 6.08 Å². The molecular weight excluding hydrogens is 392 g/mol. The highest BCUT2D eigenvalue weighted by Crippen LogP contribution is 2.28. The first-order valence-electron chi connectivity index (χ1n) is 10.5. The first-order valence-corrected chi connectivity index (χ1v) is 10.5. The van der Waals surface area contributed by atoms with Crippen LogP contribution in [0.2, 0.25) is 0 Å². The summed E-state index contributed by atoms with van der Waals surface area (Å²) in [5.74, 6) is 0.574. The minimum Gasteiger partial charge on any atom is -0.394 e. The lowest BCUT2D eigenvalue weighted by Gasteiger charge is -2.16. The Balaban J connectivity index is 1.46. The molecule has 0 spiro atoms. The number of hydrogen-bond acceptors (Lipinski definition) is 5. The van der Waals surface area contributed by atoms with Gasteiger partial charge in [-0.2, -0.15) is 0 Å². The predicted octanol–water partition coefficient (Wildman–Crippen LogP) is 3.32. The summed E-state index contributed by atoms with van der Waals surface area (Å²) in [5.41, 5.74) is 4.33. The van der Waals surface area contributed by atoms with Gasteiger partial charge >= 0.3 is 0 Å². The van der Waals surface area contributed by atoms with Crippen LogP contribution in [-0.2, 0) is 4.74 Å². The summed E-state index contributed by atoms with van der Waals surface area (Å²) >= 11 is 0. The molecule has 1 aliphatic rings. The van der Waals surface area contributed by atoms with Crippen molar-refractivity contribution in [3.05, 3.63) is 84.0 Å². The summed E-state index contributed by atoms with van der Waals surface area (Å²) in [6.45, 7) is 2.54. The van der Waals surface area contributed by atoms with Gasteiger partial charge in [0, 0.05) is 18.3 Å². The number of nitrogens with zero attached hydrogens (tertiary/aromatic N) is 2. The molecule has 0 radical (unpaired) electrons. The van der Waals surface area contributed by atoms with Gasteiger partial charge in [0.15, 0.2) is 0 Å². The predicted molar refractivity (Wildman–Crippen MR) is 119 cm³/mol. The molecule has 2 heterocycles. The Labute approximate surface area is 182 Å². The van der Waals surface area contributed by atoms with Gasteiger partial charge in [0.25, 0.3) is 0 Å². The zero-order valence-electron chi connectivity index (χ0n) is 17.5. The van der Waals surface area contributed by atoms with Crippen LogP contribution in [0.4, 0.5) is 0 Å². The Morgan fingerprint density at radius 2 is 1.77 bits per heavy atom. The van der Waals surface area contributed by atoms with Gasteiger partial charge in [0.05, 0.1) is 32.0 Å². The van der Waals surface area contributed by atoms with Gasteiger partial charge in [0.2, 0.25) is 0 Å². The van der Waals surface area contributed by atoms with Crippen LogP contribution in [0.25, 0.3) is 17.2 Å². The molecule has 31 heavy (non-hydrogen) atoms. The van der Waals surface area contributed by atoms with E-state index in [9.17, 15) is 15.3 Å². The number of ether oxygens (including phenoxy) is 1. The first kappa shape index (κ1) is 21.5. The van der Waals surface area contributed by atoms with Gasteiger partial charge in [-0.1, -0.05) is 60.7 Å². The molecule has 1 saturated heterocycles. The minimum atomic E-state index is -0.701. The van der Waals surface area contributed by atoms with E-state index >= 15 is 0 Å². The van der Waals surface area contributed by atoms with Crippen molar-refractivity contribution in [1.29, 1.82) is 0 Å². The molecule has 6 nitrogen and oxygen atoms in total. The molecule has 4 atom stereocenters. The third-order valence-electron chi connectivity index (χ3n) is 5.76. The van der Waals surface area contributed by atoms with Crippen LogP contribution < -0.4 is 0 Å². The summed E-state index contributed by atoms with van der Waals surface area (Å²) in [7, 11) is 0. The molecular formula is C25H28N2O4. The van der Waals surface area contributed by atoms with Crippen LogP contribution in [0.5, 0.6) is 0 Å². The van der Waals surface area contributed by atoms with Crippen LogP contribution in [0.1, 0.15) is 41.9 Å². The van der Waals surface area contributed by atoms with Crippen molar-refractivity contribution in [3.8, 4) is 11.1 Å². The summed E-state index contributed by atoms with van der Waals surface area (Å²) < 4.78 is 7.13. The van der Waals surface area contributed by atoms with Crippen molar-refractivity contribution in [2.24, 2.45) is 0 Å². The Morgan fingerprint density at radius 1 is 1.10 bits per heavy atom. The maximum Gasteiger partial charge on any atom is 0.137 e. The second kappa shape index (κ2) is 9.58. The van der Waals surface area contributed by atoms with Gasteiger partial charge < -0.3 is 24.6 Å². The monoisotopic (exact) mass is 420 g/mol. The van der Waals surface area contributed by atoms with Crippen LogP contribution >= 0.6 is 0 Å². The summed E-state index contributed by atoms with van der Waals surface area (Å²) in [6.07, 6.45) is 6.12. The minimum absolute atomic E-state index is 0.0471. The van der Waals surface area contributed by atoms with E-state index in [1.165, 1.54) is 0 Å². The molecule has 1 aliphatic heterocycles. The smallest absolute Gasteiger partial charge is 0.137 e. The maximum absolute atomic E-state index is 10.0. The van der Waals surface area contributed by atoms with Gasteiger partial charge in [-0.25, -0.2) is 4.98 Å². The highest BCUT2D eigenvalue weighted by Gasteiger charge is 2.27. The maximum atomic E-state index is 10.0. The van der Waals surface area contributed by atoms with Gasteiger partial charge in [-0.15, -0.1) is 0 Å². The molecule has 0 amide bonds. The molecule has 0 unspecified atom stereocenters. The fourth-order valence-electron chi connectivity index (χ4n) is 3.96. The van der Waals surface area contributed by atoms with Crippen LogP contribution in [0.3, 0.4) is 0 Å². The molecule has 162 valence electrons. The number of aliphatic hydroxyl groups excluding tert-OH is 3. The molecule has 0 aliphatic carbocycles. The molecule has 0 saturated carbocycles. The summed E-state index contributed by atoms with van der Waals surface area (Å²) in [6, 6.07) is 16.2. The van der Waals surface area contributed by atoms with Gasteiger partial charge in [-0.05, 0) is 29.2 Å². The van der Waals surface area contributed by atoms with E-state index in [2.05, 4.69) is 41.4 Å². The zero-order chi connectivity index (χ0) is 21.8. The van der Waals surface area contributed by atoms with Crippen LogP contribution in [0, 0.1) is 0 Å². The van der Waals surface area contributed by atoms with Crippen molar-refractivity contribution in [2.75, 3.05) is 19.8 Å². The number of hydrogen-bond donors (Lipinski definition) is 3. The lowest BCUT2D eigenvalue weighted by Crippen LogP contribution is -2.15. The lowest BCUT2D eigenvalue weighted by atomic mass is 9.94. The number of rotatable bonds is 7. The Hall–Kier alpha value is -2.77. The van der Waals surface area contributed by atoms with Crippen molar-refractivity contribution in [2.45, 2.75) is 31.1 Å². The molecule has 1 aromatic heterocycles. The Kier molecular flexibility index (Phi) is 6.63. The van der Waals surface area contributed by atoms with Crippen LogP contribution in [-0.4, -0.2) is 50.8 Å². The quantitative estimate of drug-likeness (QED) is 0.546. The van der Waals surface area contributed by atoms with E-state index < -0.39 is 12.2 Å². The Morgan fingerprint density at radius 3 is 2.35 bits per heavy atom. The normalized spacial score (nSPS) is 20.9. The van der Waals surface area contributed by atoms with Gasteiger partial charge in [0.1, 0.15) is 11.9 Å². The third kappa shape index (κ3) is 4.78. The number of imidazole rings is 1. The SMILES string of the molecule is C[C@H](O)c1nccn1[C@@H](/C=C/c1ccc(-c2ccc([C@H]3COC[C@@H]3O)cc2)cc1)CO. The average molecular weight is 421 g/mol. The standard InChI is InChI=1S/C25H28N2O4/c1-17(29)25-26-12-13-27(25)22(14-28)11-4-18-2-5-19(6-3-18)20-7-9-21(10-8-20)23-15-31-16-24(23)30/h2-13,17,22-24,28-30H,14-16H2,1H3/b11-4+/t17-,22-,23+,24-/m0/s1. The summed E-state index contributed by atoms with van der Waals surface area (Å²) in [5, 5.41) is 29.6. The van der Waals surface area contributed by atoms with E-state index in [0.29, 0.717) is 19.0 Å². The van der Waals surface area contributed by atoms with E-state index in [4.69, 9.17) is 4.74 Å². The second-order valence-corrected chi connectivity index (χ2v) is 7.93. The lowest BCUT2D eigenvalue weighted by molar-refractivity contribution is 0.124. The molecule has 6 heteroatoms. The van der Waals surface area contributed by atoms with E-state index in [0.717, 1.165) is 22.3 Å². The second-order valence-electron chi connectivity index (χ2n) is 7.93. The molecule has 2 aromatic carbocycles. The fraction of sp³-hybridized carbons (Fsp3) is 0.320.